The zero-order valence-electron chi connectivity index (χ0n) is 13.7. The van der Waals surface area contributed by atoms with Crippen LogP contribution in [0.2, 0.25) is 0 Å². The van der Waals surface area contributed by atoms with Gasteiger partial charge in [-0.25, -0.2) is 9.36 Å². The number of aromatic nitrogens is 2. The third kappa shape index (κ3) is 2.99. The van der Waals surface area contributed by atoms with E-state index in [9.17, 15) is 9.59 Å². The molecule has 0 aliphatic carbocycles. The maximum atomic E-state index is 12.3. The molecule has 0 N–H and O–H groups in total. The number of methoxy groups -OCH3 is 2. The van der Waals surface area contributed by atoms with Crippen molar-refractivity contribution in [2.24, 2.45) is 0 Å². The van der Waals surface area contributed by atoms with Crippen molar-refractivity contribution in [1.82, 2.24) is 14.6 Å². The predicted molar refractivity (Wildman–Crippen MR) is 85.1 cm³/mol. The summed E-state index contributed by atoms with van der Waals surface area (Å²) in [5.74, 6) is 0.579. The second-order valence-corrected chi connectivity index (χ2v) is 5.52. The second kappa shape index (κ2) is 6.77. The molecule has 1 aliphatic rings. The molecule has 0 atom stereocenters. The molecule has 1 aromatic carbocycles. The van der Waals surface area contributed by atoms with Crippen LogP contribution in [0, 0.1) is 0 Å². The lowest BCUT2D eigenvalue weighted by atomic mass is 10.2. The molecule has 0 spiro atoms. The van der Waals surface area contributed by atoms with Gasteiger partial charge in [0.25, 0.3) is 0 Å². The average molecular weight is 333 g/mol. The summed E-state index contributed by atoms with van der Waals surface area (Å²) in [4.78, 5) is 26.0. The lowest BCUT2D eigenvalue weighted by Gasteiger charge is -2.15. The van der Waals surface area contributed by atoms with Crippen LogP contribution in [-0.4, -0.2) is 47.8 Å². The summed E-state index contributed by atoms with van der Waals surface area (Å²) in [5, 5.41) is 3.80. The minimum atomic E-state index is -0.660. The standard InChI is InChI=1S/C16H19N3O5/c1-22-12-6-5-11(9-13(12)23-2)15-17-24-16(21)19(15)10-14(20)18-7-3-4-8-18/h5-6,9H,3-4,7-8,10H2,1-2H3. The molecule has 0 bridgehead atoms. The van der Waals surface area contributed by atoms with Gasteiger partial charge in [-0.05, 0) is 31.0 Å². The van der Waals surface area contributed by atoms with E-state index in [1.807, 2.05) is 0 Å². The van der Waals surface area contributed by atoms with Gasteiger partial charge >= 0.3 is 5.76 Å². The van der Waals surface area contributed by atoms with Crippen LogP contribution in [0.1, 0.15) is 12.8 Å². The molecule has 128 valence electrons. The molecule has 2 aromatic rings. The van der Waals surface area contributed by atoms with Gasteiger partial charge in [-0.1, -0.05) is 5.16 Å². The summed E-state index contributed by atoms with van der Waals surface area (Å²) in [6.07, 6.45) is 1.99. The maximum absolute atomic E-state index is 12.3. The SMILES string of the molecule is COc1ccc(-c2noc(=O)n2CC(=O)N2CCCC2)cc1OC. The first-order valence-electron chi connectivity index (χ1n) is 7.70. The van der Waals surface area contributed by atoms with Crippen molar-refractivity contribution in [2.75, 3.05) is 27.3 Å². The molecule has 1 saturated heterocycles. The fourth-order valence-corrected chi connectivity index (χ4v) is 2.79. The maximum Gasteiger partial charge on any atom is 0.442 e. The van der Waals surface area contributed by atoms with Crippen molar-refractivity contribution in [3.8, 4) is 22.9 Å². The number of carbonyl (C=O) groups excluding carboxylic acids is 1. The highest BCUT2D eigenvalue weighted by molar-refractivity contribution is 5.77. The van der Waals surface area contributed by atoms with Gasteiger partial charge in [0.1, 0.15) is 6.54 Å². The summed E-state index contributed by atoms with van der Waals surface area (Å²) in [7, 11) is 3.06. The number of hydrogen-bond acceptors (Lipinski definition) is 6. The topological polar surface area (TPSA) is 86.8 Å². The molecule has 1 aliphatic heterocycles. The molecule has 8 nitrogen and oxygen atoms in total. The van der Waals surface area contributed by atoms with Gasteiger partial charge in [0, 0.05) is 18.7 Å². The van der Waals surface area contributed by atoms with Crippen LogP contribution in [0.25, 0.3) is 11.4 Å². The van der Waals surface area contributed by atoms with Gasteiger partial charge in [-0.3, -0.25) is 9.32 Å². The van der Waals surface area contributed by atoms with Crippen LogP contribution in [0.3, 0.4) is 0 Å². The van der Waals surface area contributed by atoms with E-state index in [0.29, 0.717) is 17.1 Å². The minimum Gasteiger partial charge on any atom is -0.493 e. The molecule has 1 amide bonds. The zero-order chi connectivity index (χ0) is 17.1. The lowest BCUT2D eigenvalue weighted by molar-refractivity contribution is -0.130. The molecule has 8 heteroatoms. The number of hydrogen-bond donors (Lipinski definition) is 0. The largest absolute Gasteiger partial charge is 0.493 e. The number of rotatable bonds is 5. The van der Waals surface area contributed by atoms with Gasteiger partial charge in [0.05, 0.1) is 14.2 Å². The van der Waals surface area contributed by atoms with Crippen molar-refractivity contribution in [2.45, 2.75) is 19.4 Å². The Bertz CT molecular complexity index is 789. The fourth-order valence-electron chi connectivity index (χ4n) is 2.79. The monoisotopic (exact) mass is 333 g/mol. The molecular formula is C16H19N3O5. The minimum absolute atomic E-state index is 0.0913. The first-order valence-corrected chi connectivity index (χ1v) is 7.70. The van der Waals surface area contributed by atoms with E-state index in [-0.39, 0.29) is 18.3 Å². The third-order valence-corrected chi connectivity index (χ3v) is 4.08. The molecule has 1 fully saturated rings. The third-order valence-electron chi connectivity index (χ3n) is 4.08. The van der Waals surface area contributed by atoms with E-state index < -0.39 is 5.76 Å². The molecule has 3 rings (SSSR count). The molecule has 24 heavy (non-hydrogen) atoms. The van der Waals surface area contributed by atoms with Gasteiger partial charge in [-0.15, -0.1) is 0 Å². The average Bonchev–Trinajstić information content (AvgIpc) is 3.25. The van der Waals surface area contributed by atoms with E-state index in [4.69, 9.17) is 14.0 Å². The van der Waals surface area contributed by atoms with Crippen molar-refractivity contribution >= 4 is 5.91 Å². The number of nitrogens with zero attached hydrogens (tertiary/aromatic N) is 3. The summed E-state index contributed by atoms with van der Waals surface area (Å²) < 4.78 is 16.5. The lowest BCUT2D eigenvalue weighted by Crippen LogP contribution is -2.33. The smallest absolute Gasteiger partial charge is 0.442 e. The van der Waals surface area contributed by atoms with Crippen LogP contribution < -0.4 is 15.2 Å². The van der Waals surface area contributed by atoms with E-state index in [2.05, 4.69) is 5.16 Å². The summed E-state index contributed by atoms with van der Waals surface area (Å²) in [5.41, 5.74) is 0.604. The molecule has 1 aromatic heterocycles. The van der Waals surface area contributed by atoms with Crippen molar-refractivity contribution < 1.29 is 18.8 Å². The van der Waals surface area contributed by atoms with Crippen molar-refractivity contribution in [3.63, 3.8) is 0 Å². The zero-order valence-corrected chi connectivity index (χ0v) is 13.7. The molecule has 0 saturated carbocycles. The number of benzene rings is 1. The number of carbonyl (C=O) groups is 1. The normalized spacial score (nSPS) is 14.0. The highest BCUT2D eigenvalue weighted by Crippen LogP contribution is 2.31. The van der Waals surface area contributed by atoms with Crippen LogP contribution in [0.5, 0.6) is 11.5 Å². The summed E-state index contributed by atoms with van der Waals surface area (Å²) in [6, 6.07) is 5.13. The van der Waals surface area contributed by atoms with E-state index in [1.165, 1.54) is 18.8 Å². The van der Waals surface area contributed by atoms with E-state index in [0.717, 1.165) is 25.9 Å². The molecule has 2 heterocycles. The first kappa shape index (κ1) is 16.1. The van der Waals surface area contributed by atoms with E-state index >= 15 is 0 Å². The molecule has 0 unspecified atom stereocenters. The second-order valence-electron chi connectivity index (χ2n) is 5.52. The number of ether oxygens (including phenoxy) is 2. The molecule has 0 radical (unpaired) electrons. The Kier molecular flexibility index (Phi) is 4.54. The van der Waals surface area contributed by atoms with Crippen LogP contribution >= 0.6 is 0 Å². The highest BCUT2D eigenvalue weighted by Gasteiger charge is 2.22. The van der Waals surface area contributed by atoms with Crippen LogP contribution in [0.4, 0.5) is 0 Å². The van der Waals surface area contributed by atoms with Crippen LogP contribution in [-0.2, 0) is 11.3 Å². The Hall–Kier alpha value is -2.77. The van der Waals surface area contributed by atoms with Gasteiger partial charge in [-0.2, -0.15) is 0 Å². The summed E-state index contributed by atoms with van der Waals surface area (Å²) >= 11 is 0. The summed E-state index contributed by atoms with van der Waals surface area (Å²) in [6.45, 7) is 1.36. The first-order chi connectivity index (χ1) is 11.6. The Morgan fingerprint density at radius 2 is 1.92 bits per heavy atom. The van der Waals surface area contributed by atoms with Gasteiger partial charge < -0.3 is 14.4 Å². The van der Waals surface area contributed by atoms with Crippen molar-refractivity contribution in [3.05, 3.63) is 28.7 Å². The Labute approximate surface area is 138 Å². The Morgan fingerprint density at radius 1 is 1.21 bits per heavy atom. The van der Waals surface area contributed by atoms with Crippen LogP contribution in [0.15, 0.2) is 27.5 Å². The predicted octanol–water partition coefficient (Wildman–Crippen LogP) is 1.14. The fraction of sp³-hybridized carbons (Fsp3) is 0.438. The Balaban J connectivity index is 1.92. The number of amides is 1. The van der Waals surface area contributed by atoms with E-state index in [1.54, 1.807) is 23.1 Å². The number of likely N-dealkylation sites (tertiary alicyclic amines) is 1. The van der Waals surface area contributed by atoms with Gasteiger partial charge in [0.15, 0.2) is 17.3 Å². The van der Waals surface area contributed by atoms with Gasteiger partial charge in [0.2, 0.25) is 5.91 Å². The highest BCUT2D eigenvalue weighted by atomic mass is 16.5. The molecular weight excluding hydrogens is 314 g/mol. The Morgan fingerprint density at radius 3 is 2.58 bits per heavy atom. The quantitative estimate of drug-likeness (QED) is 0.815. The van der Waals surface area contributed by atoms with Crippen molar-refractivity contribution in [1.29, 1.82) is 0 Å².